The van der Waals surface area contributed by atoms with Gasteiger partial charge in [-0.3, -0.25) is 0 Å². The topological polar surface area (TPSA) is 20.2 Å². The van der Waals surface area contributed by atoms with E-state index in [-0.39, 0.29) is 0 Å². The van der Waals surface area contributed by atoms with Crippen molar-refractivity contribution in [2.75, 3.05) is 0 Å². The highest BCUT2D eigenvalue weighted by Crippen LogP contribution is 2.37. The molecule has 0 heterocycles. The molecule has 0 bridgehead atoms. The van der Waals surface area contributed by atoms with Crippen molar-refractivity contribution in [2.45, 2.75) is 57.5 Å². The van der Waals surface area contributed by atoms with Crippen molar-refractivity contribution in [1.82, 2.24) is 0 Å². The second-order valence-corrected chi connectivity index (χ2v) is 6.58. The van der Waals surface area contributed by atoms with Crippen molar-refractivity contribution in [3.05, 3.63) is 34.3 Å². The highest BCUT2D eigenvalue weighted by molar-refractivity contribution is 9.10. The van der Waals surface area contributed by atoms with Crippen LogP contribution in [0.25, 0.3) is 0 Å². The molecule has 1 aromatic rings. The second kappa shape index (κ2) is 6.21. The second-order valence-electron chi connectivity index (χ2n) is 5.72. The van der Waals surface area contributed by atoms with Crippen LogP contribution in [0, 0.1) is 5.92 Å². The molecular weight excluding hydrogens is 288 g/mol. The molecule has 18 heavy (non-hydrogen) atoms. The molecule has 0 radical (unpaired) electrons. The quantitative estimate of drug-likeness (QED) is 0.853. The Morgan fingerprint density at radius 1 is 1.28 bits per heavy atom. The average Bonchev–Trinajstić information content (AvgIpc) is 2.36. The van der Waals surface area contributed by atoms with Crippen molar-refractivity contribution in [2.24, 2.45) is 5.92 Å². The summed E-state index contributed by atoms with van der Waals surface area (Å²) in [5, 5.41) is 10.7. The van der Waals surface area contributed by atoms with Crippen LogP contribution in [-0.2, 0) is 6.42 Å². The maximum Gasteiger partial charge on any atom is 0.0688 e. The Hall–Kier alpha value is -0.340. The van der Waals surface area contributed by atoms with Crippen LogP contribution < -0.4 is 0 Å². The maximum absolute atomic E-state index is 10.7. The zero-order valence-corrected chi connectivity index (χ0v) is 12.7. The van der Waals surface area contributed by atoms with Crippen LogP contribution in [-0.4, -0.2) is 10.7 Å². The smallest absolute Gasteiger partial charge is 0.0688 e. The van der Waals surface area contributed by atoms with Gasteiger partial charge in [-0.05, 0) is 43.2 Å². The third kappa shape index (κ3) is 3.58. The normalized spacial score (nSPS) is 28.3. The molecule has 0 aromatic heterocycles. The minimum absolute atomic E-state index is 0.478. The molecule has 1 saturated carbocycles. The van der Waals surface area contributed by atoms with Crippen molar-refractivity contribution >= 4 is 15.9 Å². The molecule has 2 rings (SSSR count). The number of hydrogen-bond donors (Lipinski definition) is 1. The van der Waals surface area contributed by atoms with E-state index in [1.807, 2.05) is 12.1 Å². The van der Waals surface area contributed by atoms with Crippen LogP contribution >= 0.6 is 15.9 Å². The van der Waals surface area contributed by atoms with E-state index in [4.69, 9.17) is 0 Å². The van der Waals surface area contributed by atoms with Gasteiger partial charge < -0.3 is 5.11 Å². The van der Waals surface area contributed by atoms with Gasteiger partial charge in [-0.2, -0.15) is 0 Å². The minimum atomic E-state index is -0.478. The van der Waals surface area contributed by atoms with Gasteiger partial charge in [0.1, 0.15) is 0 Å². The number of hydrogen-bond acceptors (Lipinski definition) is 1. The highest BCUT2D eigenvalue weighted by Gasteiger charge is 2.33. The molecule has 100 valence electrons. The predicted molar refractivity (Wildman–Crippen MR) is 79.7 cm³/mol. The molecule has 0 saturated heterocycles. The minimum Gasteiger partial charge on any atom is -0.390 e. The molecule has 2 heteroatoms. The largest absolute Gasteiger partial charge is 0.390 e. The fourth-order valence-electron chi connectivity index (χ4n) is 3.08. The molecule has 1 aliphatic carbocycles. The van der Waals surface area contributed by atoms with Gasteiger partial charge in [-0.15, -0.1) is 0 Å². The third-order valence-electron chi connectivity index (χ3n) is 4.21. The van der Waals surface area contributed by atoms with Gasteiger partial charge in [-0.25, -0.2) is 0 Å². The zero-order chi connectivity index (χ0) is 13.0. The fraction of sp³-hybridized carbons (Fsp3) is 0.625. The summed E-state index contributed by atoms with van der Waals surface area (Å²) in [6, 6.07) is 8.24. The molecule has 0 unspecified atom stereocenters. The molecule has 1 aliphatic rings. The average molecular weight is 311 g/mol. The van der Waals surface area contributed by atoms with Crippen molar-refractivity contribution in [1.29, 1.82) is 0 Å². The summed E-state index contributed by atoms with van der Waals surface area (Å²) in [7, 11) is 0. The van der Waals surface area contributed by atoms with Crippen LogP contribution in [0.3, 0.4) is 0 Å². The summed E-state index contributed by atoms with van der Waals surface area (Å²) in [4.78, 5) is 0. The Kier molecular flexibility index (Phi) is 4.85. The van der Waals surface area contributed by atoms with Gasteiger partial charge in [-0.1, -0.05) is 53.9 Å². The molecule has 1 aromatic carbocycles. The Morgan fingerprint density at radius 2 is 1.94 bits per heavy atom. The SMILES string of the molecule is CCCC1CCC(O)(Cc2ccccc2Br)CC1. The Bertz CT molecular complexity index is 380. The van der Waals surface area contributed by atoms with E-state index in [0.717, 1.165) is 29.7 Å². The zero-order valence-electron chi connectivity index (χ0n) is 11.2. The first-order valence-corrected chi connectivity index (χ1v) is 7.88. The van der Waals surface area contributed by atoms with E-state index < -0.39 is 5.60 Å². The molecule has 0 atom stereocenters. The monoisotopic (exact) mass is 310 g/mol. The van der Waals surface area contributed by atoms with Crippen LogP contribution in [0.5, 0.6) is 0 Å². The van der Waals surface area contributed by atoms with Gasteiger partial charge >= 0.3 is 0 Å². The van der Waals surface area contributed by atoms with Crippen LogP contribution in [0.1, 0.15) is 51.0 Å². The van der Waals surface area contributed by atoms with Crippen LogP contribution in [0.15, 0.2) is 28.7 Å². The summed E-state index contributed by atoms with van der Waals surface area (Å²) < 4.78 is 1.12. The first-order valence-electron chi connectivity index (χ1n) is 7.09. The molecule has 0 aliphatic heterocycles. The van der Waals surface area contributed by atoms with Gasteiger partial charge in [0.05, 0.1) is 5.60 Å². The van der Waals surface area contributed by atoms with Crippen LogP contribution in [0.4, 0.5) is 0 Å². The molecule has 1 N–H and O–H groups in total. The van der Waals surface area contributed by atoms with E-state index in [0.29, 0.717) is 0 Å². The summed E-state index contributed by atoms with van der Waals surface area (Å²) >= 11 is 3.57. The van der Waals surface area contributed by atoms with Crippen molar-refractivity contribution in [3.63, 3.8) is 0 Å². The van der Waals surface area contributed by atoms with Gasteiger partial charge in [0.25, 0.3) is 0 Å². The first kappa shape index (κ1) is 14.1. The first-order chi connectivity index (χ1) is 8.63. The summed E-state index contributed by atoms with van der Waals surface area (Å²) in [5.74, 6) is 0.842. The lowest BCUT2D eigenvalue weighted by atomic mass is 9.75. The Balaban J connectivity index is 1.96. The van der Waals surface area contributed by atoms with Gasteiger partial charge in [0, 0.05) is 10.9 Å². The van der Waals surface area contributed by atoms with E-state index in [2.05, 4.69) is 35.0 Å². The van der Waals surface area contributed by atoms with E-state index in [1.54, 1.807) is 0 Å². The maximum atomic E-state index is 10.7. The van der Waals surface area contributed by atoms with Crippen molar-refractivity contribution in [3.8, 4) is 0 Å². The van der Waals surface area contributed by atoms with Gasteiger partial charge in [0.15, 0.2) is 0 Å². The van der Waals surface area contributed by atoms with Crippen molar-refractivity contribution < 1.29 is 5.11 Å². The van der Waals surface area contributed by atoms with E-state index in [1.165, 1.54) is 31.2 Å². The molecule has 0 amide bonds. The number of benzene rings is 1. The number of aliphatic hydroxyl groups is 1. The highest BCUT2D eigenvalue weighted by atomic mass is 79.9. The third-order valence-corrected chi connectivity index (χ3v) is 4.98. The Morgan fingerprint density at radius 3 is 2.56 bits per heavy atom. The van der Waals surface area contributed by atoms with E-state index in [9.17, 15) is 5.11 Å². The molecule has 1 nitrogen and oxygen atoms in total. The predicted octanol–water partition coefficient (Wildman–Crippen LogP) is 4.71. The van der Waals surface area contributed by atoms with Gasteiger partial charge in [0.2, 0.25) is 0 Å². The lowest BCUT2D eigenvalue weighted by Gasteiger charge is -2.36. The molecular formula is C16H23BrO. The summed E-state index contributed by atoms with van der Waals surface area (Å²) in [6.45, 7) is 2.25. The Labute approximate surface area is 119 Å². The van der Waals surface area contributed by atoms with E-state index >= 15 is 0 Å². The summed E-state index contributed by atoms with van der Waals surface area (Å²) in [6.07, 6.45) is 7.67. The number of halogens is 1. The lowest BCUT2D eigenvalue weighted by Crippen LogP contribution is -2.36. The molecule has 1 fully saturated rings. The standard InChI is InChI=1S/C16H23BrO/c1-2-5-13-8-10-16(18,11-9-13)12-14-6-3-4-7-15(14)17/h3-4,6-7,13,18H,2,5,8-12H2,1H3. The fourth-order valence-corrected chi connectivity index (χ4v) is 3.51. The lowest BCUT2D eigenvalue weighted by molar-refractivity contribution is -0.00999. The number of rotatable bonds is 4. The van der Waals surface area contributed by atoms with Crippen LogP contribution in [0.2, 0.25) is 0 Å². The summed E-state index contributed by atoms with van der Waals surface area (Å²) in [5.41, 5.74) is 0.752. The molecule has 0 spiro atoms.